The third-order valence-corrected chi connectivity index (χ3v) is 3.35. The van der Waals surface area contributed by atoms with E-state index in [9.17, 15) is 4.39 Å². The van der Waals surface area contributed by atoms with Gasteiger partial charge in [0.25, 0.3) is 0 Å². The molecule has 0 aliphatic carbocycles. The molecule has 3 rings (SSSR count). The lowest BCUT2D eigenvalue weighted by molar-refractivity contribution is 0.343. The number of ether oxygens (including phenoxy) is 1. The molecule has 2 nitrogen and oxygen atoms in total. The molecule has 2 aromatic carbocycles. The molecule has 0 N–H and O–H groups in total. The highest BCUT2D eigenvalue weighted by Crippen LogP contribution is 2.24. The molecule has 0 bridgehead atoms. The van der Waals surface area contributed by atoms with E-state index in [1.54, 1.807) is 12.1 Å². The van der Waals surface area contributed by atoms with Crippen LogP contribution in [-0.2, 0) is 6.42 Å². The van der Waals surface area contributed by atoms with Gasteiger partial charge in [0.1, 0.15) is 17.1 Å². The van der Waals surface area contributed by atoms with E-state index in [1.165, 1.54) is 12.1 Å². The van der Waals surface area contributed by atoms with Crippen molar-refractivity contribution in [2.45, 2.75) is 13.3 Å². The molecule has 0 aliphatic rings. The van der Waals surface area contributed by atoms with Crippen molar-refractivity contribution in [3.8, 4) is 5.75 Å². The molecule has 0 atom stereocenters. The molecule has 0 saturated carbocycles. The van der Waals surface area contributed by atoms with Gasteiger partial charge in [-0.25, -0.2) is 4.39 Å². The fourth-order valence-corrected chi connectivity index (χ4v) is 2.39. The van der Waals surface area contributed by atoms with Crippen molar-refractivity contribution >= 4 is 10.9 Å². The third-order valence-electron chi connectivity index (χ3n) is 3.35. The van der Waals surface area contributed by atoms with Gasteiger partial charge in [-0.2, -0.15) is 0 Å². The van der Waals surface area contributed by atoms with Gasteiger partial charge in [0.15, 0.2) is 0 Å². The number of hydrogen-bond donors (Lipinski definition) is 0. The summed E-state index contributed by atoms with van der Waals surface area (Å²) in [7, 11) is 0. The summed E-state index contributed by atoms with van der Waals surface area (Å²) in [6, 6.07) is 14.6. The Morgan fingerprint density at radius 3 is 2.62 bits per heavy atom. The van der Waals surface area contributed by atoms with Gasteiger partial charge in [-0.3, -0.25) is 4.98 Å². The molecule has 1 heterocycles. The van der Waals surface area contributed by atoms with Crippen molar-refractivity contribution in [3.05, 3.63) is 71.7 Å². The lowest BCUT2D eigenvalue weighted by Crippen LogP contribution is -1.95. The van der Waals surface area contributed by atoms with Gasteiger partial charge in [0.05, 0.1) is 6.61 Å². The monoisotopic (exact) mass is 281 g/mol. The molecule has 0 radical (unpaired) electrons. The first-order chi connectivity index (χ1) is 10.3. The Labute approximate surface area is 123 Å². The lowest BCUT2D eigenvalue weighted by atomic mass is 10.0. The lowest BCUT2D eigenvalue weighted by Gasteiger charge is -2.08. The van der Waals surface area contributed by atoms with E-state index in [-0.39, 0.29) is 5.82 Å². The highest BCUT2D eigenvalue weighted by atomic mass is 19.1. The highest BCUT2D eigenvalue weighted by molar-refractivity contribution is 5.84. The SMILES string of the molecule is CCOc1cccc2cc(Cc3ccc(F)cc3)cnc12. The van der Waals surface area contributed by atoms with Crippen molar-refractivity contribution in [2.24, 2.45) is 0 Å². The van der Waals surface area contributed by atoms with Crippen molar-refractivity contribution in [2.75, 3.05) is 6.61 Å². The molecule has 3 heteroatoms. The van der Waals surface area contributed by atoms with Crippen LogP contribution in [0.15, 0.2) is 54.7 Å². The fourth-order valence-electron chi connectivity index (χ4n) is 2.39. The number of para-hydroxylation sites is 1. The first kappa shape index (κ1) is 13.6. The molecule has 0 fully saturated rings. The Bertz CT molecular complexity index is 753. The summed E-state index contributed by atoms with van der Waals surface area (Å²) in [6.07, 6.45) is 2.59. The Balaban J connectivity index is 1.92. The zero-order chi connectivity index (χ0) is 14.7. The standard InChI is InChI=1S/C18H16FNO/c1-2-21-17-5-3-4-15-11-14(12-20-18(15)17)10-13-6-8-16(19)9-7-13/h3-9,11-12H,2,10H2,1H3. The maximum Gasteiger partial charge on any atom is 0.145 e. The molecule has 3 aromatic rings. The van der Waals surface area contributed by atoms with Crippen LogP contribution in [0.4, 0.5) is 4.39 Å². The first-order valence-corrected chi connectivity index (χ1v) is 7.01. The summed E-state index contributed by atoms with van der Waals surface area (Å²) < 4.78 is 18.5. The van der Waals surface area contributed by atoms with Gasteiger partial charge in [-0.15, -0.1) is 0 Å². The van der Waals surface area contributed by atoms with Crippen LogP contribution in [0.1, 0.15) is 18.1 Å². The number of hydrogen-bond acceptors (Lipinski definition) is 2. The molecule has 1 aromatic heterocycles. The smallest absolute Gasteiger partial charge is 0.145 e. The van der Waals surface area contributed by atoms with Gasteiger partial charge in [0, 0.05) is 11.6 Å². The second kappa shape index (κ2) is 5.92. The molecule has 21 heavy (non-hydrogen) atoms. The van der Waals surface area contributed by atoms with Crippen LogP contribution >= 0.6 is 0 Å². The fraction of sp³-hybridized carbons (Fsp3) is 0.167. The predicted molar refractivity (Wildman–Crippen MR) is 82.1 cm³/mol. The Morgan fingerprint density at radius 2 is 1.86 bits per heavy atom. The summed E-state index contributed by atoms with van der Waals surface area (Å²) in [4.78, 5) is 4.51. The quantitative estimate of drug-likeness (QED) is 0.708. The summed E-state index contributed by atoms with van der Waals surface area (Å²) in [5.41, 5.74) is 3.04. The molecular weight excluding hydrogens is 265 g/mol. The average Bonchev–Trinajstić information content (AvgIpc) is 2.50. The minimum absolute atomic E-state index is 0.211. The Hall–Kier alpha value is -2.42. The second-order valence-electron chi connectivity index (χ2n) is 4.91. The molecule has 0 aliphatic heterocycles. The van der Waals surface area contributed by atoms with Gasteiger partial charge in [0.2, 0.25) is 0 Å². The van der Waals surface area contributed by atoms with Gasteiger partial charge in [-0.05, 0) is 48.7 Å². The van der Waals surface area contributed by atoms with E-state index in [0.29, 0.717) is 6.61 Å². The van der Waals surface area contributed by atoms with Crippen LogP contribution in [0.25, 0.3) is 10.9 Å². The van der Waals surface area contributed by atoms with Gasteiger partial charge < -0.3 is 4.74 Å². The average molecular weight is 281 g/mol. The molecule has 0 unspecified atom stereocenters. The van der Waals surface area contributed by atoms with Crippen LogP contribution in [0.5, 0.6) is 5.75 Å². The van der Waals surface area contributed by atoms with E-state index >= 15 is 0 Å². The molecular formula is C18H16FNO. The van der Waals surface area contributed by atoms with Crippen molar-refractivity contribution < 1.29 is 9.13 Å². The second-order valence-corrected chi connectivity index (χ2v) is 4.91. The van der Waals surface area contributed by atoms with Crippen LogP contribution in [0.3, 0.4) is 0 Å². The normalized spacial score (nSPS) is 10.8. The Morgan fingerprint density at radius 1 is 1.05 bits per heavy atom. The maximum atomic E-state index is 12.9. The summed E-state index contributed by atoms with van der Waals surface area (Å²) >= 11 is 0. The Kier molecular flexibility index (Phi) is 3.82. The number of aromatic nitrogens is 1. The van der Waals surface area contributed by atoms with Crippen molar-refractivity contribution in [3.63, 3.8) is 0 Å². The number of halogens is 1. The number of fused-ring (bicyclic) bond motifs is 1. The van der Waals surface area contributed by atoms with Gasteiger partial charge >= 0.3 is 0 Å². The van der Waals surface area contributed by atoms with Crippen LogP contribution < -0.4 is 4.74 Å². The summed E-state index contributed by atoms with van der Waals surface area (Å²) in [5, 5.41) is 1.06. The highest BCUT2D eigenvalue weighted by Gasteiger charge is 2.05. The minimum Gasteiger partial charge on any atom is -0.492 e. The first-order valence-electron chi connectivity index (χ1n) is 7.01. The van der Waals surface area contributed by atoms with E-state index in [1.807, 2.05) is 31.3 Å². The molecule has 106 valence electrons. The number of pyridine rings is 1. The molecule has 0 spiro atoms. The minimum atomic E-state index is -0.211. The summed E-state index contributed by atoms with van der Waals surface area (Å²) in [6.45, 7) is 2.58. The van der Waals surface area contributed by atoms with E-state index in [0.717, 1.165) is 34.2 Å². The van der Waals surface area contributed by atoms with Crippen molar-refractivity contribution in [1.82, 2.24) is 4.98 Å². The topological polar surface area (TPSA) is 22.1 Å². The van der Waals surface area contributed by atoms with Crippen LogP contribution in [0, 0.1) is 5.82 Å². The van der Waals surface area contributed by atoms with Crippen molar-refractivity contribution in [1.29, 1.82) is 0 Å². The van der Waals surface area contributed by atoms with E-state index in [4.69, 9.17) is 4.74 Å². The van der Waals surface area contributed by atoms with E-state index < -0.39 is 0 Å². The maximum absolute atomic E-state index is 12.9. The third kappa shape index (κ3) is 3.02. The number of benzene rings is 2. The number of nitrogens with zero attached hydrogens (tertiary/aromatic N) is 1. The largest absolute Gasteiger partial charge is 0.492 e. The zero-order valence-corrected chi connectivity index (χ0v) is 11.8. The van der Waals surface area contributed by atoms with E-state index in [2.05, 4.69) is 11.1 Å². The summed E-state index contributed by atoms with van der Waals surface area (Å²) in [5.74, 6) is 0.597. The zero-order valence-electron chi connectivity index (χ0n) is 11.8. The van der Waals surface area contributed by atoms with Crippen LogP contribution in [-0.4, -0.2) is 11.6 Å². The van der Waals surface area contributed by atoms with Gasteiger partial charge in [-0.1, -0.05) is 24.3 Å². The predicted octanol–water partition coefficient (Wildman–Crippen LogP) is 4.36. The molecule has 0 amide bonds. The number of rotatable bonds is 4. The molecule has 0 saturated heterocycles. The van der Waals surface area contributed by atoms with Crippen LogP contribution in [0.2, 0.25) is 0 Å².